The Hall–Kier alpha value is -0.300. The van der Waals surface area contributed by atoms with Crippen molar-refractivity contribution in [1.29, 1.82) is 0 Å². The van der Waals surface area contributed by atoms with Crippen molar-refractivity contribution in [1.82, 2.24) is 4.90 Å². The third kappa shape index (κ3) is 2.84. The lowest BCUT2D eigenvalue weighted by atomic mass is 10.0. The number of halogens is 2. The Morgan fingerprint density at radius 2 is 1.85 bits per heavy atom. The number of likely N-dealkylation sites (tertiary alicyclic amines) is 1. The Balaban J connectivity index is 2.17. The molecule has 2 rings (SSSR count). The highest BCUT2D eigenvalue weighted by atomic mass is 79.9. The predicted octanol–water partition coefficient (Wildman–Crippen LogP) is 3.05. The minimum Gasteiger partial charge on any atom is -0.467 e. The van der Waals surface area contributed by atoms with Gasteiger partial charge < -0.3 is 9.47 Å². The average Bonchev–Trinajstić information content (AvgIpc) is 2.67. The van der Waals surface area contributed by atoms with Crippen LogP contribution in [0.1, 0.15) is 33.6 Å². The van der Waals surface area contributed by atoms with Gasteiger partial charge in [0.1, 0.15) is 11.6 Å². The summed E-state index contributed by atoms with van der Waals surface area (Å²) in [5.74, 6) is -0.393. The molecule has 1 amide bonds. The van der Waals surface area contributed by atoms with Gasteiger partial charge in [0.2, 0.25) is 0 Å². The molecule has 0 aromatic heterocycles. The van der Waals surface area contributed by atoms with Crippen molar-refractivity contribution in [3.63, 3.8) is 0 Å². The van der Waals surface area contributed by atoms with E-state index in [2.05, 4.69) is 31.9 Å². The van der Waals surface area contributed by atoms with Crippen LogP contribution < -0.4 is 0 Å². The smallest absolute Gasteiger partial charge is 0.411 e. The number of hydrogen-bond donors (Lipinski definition) is 0. The fourth-order valence-electron chi connectivity index (χ4n) is 2.61. The summed E-state index contributed by atoms with van der Waals surface area (Å²) < 4.78 is 10.0. The van der Waals surface area contributed by atoms with Gasteiger partial charge in [0.15, 0.2) is 0 Å². The van der Waals surface area contributed by atoms with Gasteiger partial charge in [-0.05, 0) is 33.6 Å². The van der Waals surface area contributed by atoms with Crippen LogP contribution in [-0.2, 0) is 14.3 Å². The zero-order chi connectivity index (χ0) is 15.3. The molecule has 0 N–H and O–H groups in total. The van der Waals surface area contributed by atoms with Crippen molar-refractivity contribution < 1.29 is 19.1 Å². The highest BCUT2D eigenvalue weighted by Gasteiger charge is 2.70. The average molecular weight is 413 g/mol. The van der Waals surface area contributed by atoms with Crippen molar-refractivity contribution in [2.24, 2.45) is 5.41 Å². The molecule has 1 heterocycles. The minimum absolute atomic E-state index is 0.122. The third-order valence-corrected chi connectivity index (χ3v) is 5.99. The summed E-state index contributed by atoms with van der Waals surface area (Å²) in [6.07, 6.45) is 0.981. The number of carbonyl (C=O) groups is 2. The first kappa shape index (κ1) is 16.1. The first-order valence-corrected chi connectivity index (χ1v) is 8.05. The molecule has 0 radical (unpaired) electrons. The Labute approximate surface area is 135 Å². The molecule has 2 fully saturated rings. The second-order valence-electron chi connectivity index (χ2n) is 6.51. The Morgan fingerprint density at radius 3 is 2.25 bits per heavy atom. The summed E-state index contributed by atoms with van der Waals surface area (Å²) in [4.78, 5) is 25.7. The largest absolute Gasteiger partial charge is 0.467 e. The maximum atomic E-state index is 12.3. The van der Waals surface area contributed by atoms with Gasteiger partial charge in [-0.25, -0.2) is 9.59 Å². The molecule has 2 aliphatic rings. The molecule has 1 aliphatic carbocycles. The van der Waals surface area contributed by atoms with Gasteiger partial charge in [0, 0.05) is 12.0 Å². The van der Waals surface area contributed by atoms with E-state index in [-0.39, 0.29) is 8.65 Å². The molecule has 0 bridgehead atoms. The highest BCUT2D eigenvalue weighted by Crippen LogP contribution is 2.71. The van der Waals surface area contributed by atoms with E-state index in [0.29, 0.717) is 13.0 Å². The monoisotopic (exact) mass is 411 g/mol. The van der Waals surface area contributed by atoms with E-state index in [0.717, 1.165) is 6.42 Å². The topological polar surface area (TPSA) is 55.8 Å². The SMILES string of the molecule is COC(=O)C1CC2(CN1C(=O)OC(C)(C)C)CC2(Br)Br. The van der Waals surface area contributed by atoms with Crippen LogP contribution in [0.25, 0.3) is 0 Å². The third-order valence-electron chi connectivity index (χ3n) is 3.75. The quantitative estimate of drug-likeness (QED) is 0.490. The highest BCUT2D eigenvalue weighted by molar-refractivity contribution is 9.25. The number of carbonyl (C=O) groups excluding carboxylic acids is 2. The second-order valence-corrected chi connectivity index (χ2v) is 10.3. The van der Waals surface area contributed by atoms with Gasteiger partial charge in [-0.1, -0.05) is 31.9 Å². The van der Waals surface area contributed by atoms with Gasteiger partial charge in [0.25, 0.3) is 0 Å². The minimum atomic E-state index is -0.586. The molecule has 1 aliphatic heterocycles. The molecule has 5 nitrogen and oxygen atoms in total. The summed E-state index contributed by atoms with van der Waals surface area (Å²) in [5.41, 5.74) is -0.709. The van der Waals surface area contributed by atoms with E-state index in [9.17, 15) is 9.59 Å². The molecule has 2 unspecified atom stereocenters. The van der Waals surface area contributed by atoms with Crippen LogP contribution in [0.4, 0.5) is 4.79 Å². The maximum absolute atomic E-state index is 12.3. The molecule has 114 valence electrons. The number of rotatable bonds is 1. The van der Waals surface area contributed by atoms with Crippen molar-refractivity contribution in [3.8, 4) is 0 Å². The van der Waals surface area contributed by atoms with E-state index in [1.54, 1.807) is 20.8 Å². The number of alkyl halides is 2. The fraction of sp³-hybridized carbons (Fsp3) is 0.846. The number of esters is 1. The number of amides is 1. The van der Waals surface area contributed by atoms with Crippen LogP contribution in [-0.4, -0.2) is 45.5 Å². The van der Waals surface area contributed by atoms with E-state index >= 15 is 0 Å². The number of ether oxygens (including phenoxy) is 2. The van der Waals surface area contributed by atoms with Crippen LogP contribution >= 0.6 is 31.9 Å². The second kappa shape index (κ2) is 4.87. The zero-order valence-electron chi connectivity index (χ0n) is 12.0. The van der Waals surface area contributed by atoms with Crippen LogP contribution in [0, 0.1) is 5.41 Å². The number of nitrogens with zero attached hydrogens (tertiary/aromatic N) is 1. The van der Waals surface area contributed by atoms with E-state index in [1.165, 1.54) is 12.0 Å². The molecule has 0 aromatic carbocycles. The molecule has 0 aromatic rings. The first-order chi connectivity index (χ1) is 9.01. The summed E-state index contributed by atoms with van der Waals surface area (Å²) in [6, 6.07) is -0.577. The molecular weight excluding hydrogens is 394 g/mol. The van der Waals surface area contributed by atoms with Crippen LogP contribution in [0.3, 0.4) is 0 Å². The van der Waals surface area contributed by atoms with Crippen LogP contribution in [0.2, 0.25) is 0 Å². The van der Waals surface area contributed by atoms with Crippen molar-refractivity contribution in [2.75, 3.05) is 13.7 Å². The maximum Gasteiger partial charge on any atom is 0.411 e. The summed E-state index contributed by atoms with van der Waals surface area (Å²) >= 11 is 7.19. The van der Waals surface area contributed by atoms with Gasteiger partial charge in [-0.15, -0.1) is 0 Å². The van der Waals surface area contributed by atoms with Crippen molar-refractivity contribution in [3.05, 3.63) is 0 Å². The van der Waals surface area contributed by atoms with Gasteiger partial charge in [-0.2, -0.15) is 0 Å². The molecule has 1 saturated heterocycles. The Morgan fingerprint density at radius 1 is 1.30 bits per heavy atom. The van der Waals surface area contributed by atoms with E-state index in [1.807, 2.05) is 0 Å². The lowest BCUT2D eigenvalue weighted by molar-refractivity contribution is -0.145. The van der Waals surface area contributed by atoms with E-state index < -0.39 is 23.7 Å². The van der Waals surface area contributed by atoms with Crippen molar-refractivity contribution >= 4 is 43.9 Å². The molecule has 20 heavy (non-hydrogen) atoms. The molecular formula is C13H19Br2NO4. The summed E-state index contributed by atoms with van der Waals surface area (Å²) in [6.45, 7) is 5.90. The molecule has 7 heteroatoms. The summed E-state index contributed by atoms with van der Waals surface area (Å²) in [5, 5.41) is 0. The zero-order valence-corrected chi connectivity index (χ0v) is 15.2. The Kier molecular flexibility index (Phi) is 3.91. The van der Waals surface area contributed by atoms with Crippen LogP contribution in [0.5, 0.6) is 0 Å². The number of methoxy groups -OCH3 is 1. The van der Waals surface area contributed by atoms with Crippen molar-refractivity contribution in [2.45, 2.75) is 48.5 Å². The molecule has 1 saturated carbocycles. The van der Waals surface area contributed by atoms with Crippen LogP contribution in [0.15, 0.2) is 0 Å². The molecule has 2 atom stereocenters. The Bertz CT molecular complexity index is 446. The lowest BCUT2D eigenvalue weighted by Gasteiger charge is -2.27. The first-order valence-electron chi connectivity index (χ1n) is 6.47. The van der Waals surface area contributed by atoms with Gasteiger partial charge in [-0.3, -0.25) is 4.90 Å². The predicted molar refractivity (Wildman–Crippen MR) is 81.0 cm³/mol. The standard InChI is InChI=1S/C13H19Br2NO4/c1-11(2,3)20-10(18)16-7-12(6-13(12,14)15)5-8(16)9(17)19-4/h8H,5-7H2,1-4H3. The fourth-order valence-corrected chi connectivity index (χ4v) is 4.26. The lowest BCUT2D eigenvalue weighted by Crippen LogP contribution is -2.43. The van der Waals surface area contributed by atoms with Gasteiger partial charge in [0.05, 0.1) is 10.3 Å². The number of hydrogen-bond acceptors (Lipinski definition) is 4. The van der Waals surface area contributed by atoms with E-state index in [4.69, 9.17) is 9.47 Å². The summed E-state index contributed by atoms with van der Waals surface area (Å²) in [7, 11) is 1.34. The van der Waals surface area contributed by atoms with Gasteiger partial charge >= 0.3 is 12.1 Å². The molecule has 1 spiro atoms. The normalized spacial score (nSPS) is 31.3.